The van der Waals surface area contributed by atoms with Crippen molar-refractivity contribution in [3.05, 3.63) is 48.0 Å². The highest BCUT2D eigenvalue weighted by Gasteiger charge is 2.10. The standard InChI is InChI=1S/C15H13F2N3/c1-20(2)10-5-3-4-9(6-10)15-18-13-7-11(16)12(17)8-14(13)19-15/h3-8H,1-2H3,(H,18,19). The molecule has 0 atom stereocenters. The van der Waals surface area contributed by atoms with Gasteiger partial charge in [-0.05, 0) is 12.1 Å². The van der Waals surface area contributed by atoms with Gasteiger partial charge in [0.15, 0.2) is 11.6 Å². The van der Waals surface area contributed by atoms with E-state index in [4.69, 9.17) is 0 Å². The summed E-state index contributed by atoms with van der Waals surface area (Å²) in [5.41, 5.74) is 2.79. The van der Waals surface area contributed by atoms with Gasteiger partial charge in [-0.1, -0.05) is 12.1 Å². The van der Waals surface area contributed by atoms with Crippen molar-refractivity contribution in [3.63, 3.8) is 0 Å². The van der Waals surface area contributed by atoms with E-state index in [0.29, 0.717) is 16.9 Å². The van der Waals surface area contributed by atoms with E-state index in [0.717, 1.165) is 23.4 Å². The highest BCUT2D eigenvalue weighted by Crippen LogP contribution is 2.25. The fourth-order valence-electron chi connectivity index (χ4n) is 2.07. The molecule has 0 radical (unpaired) electrons. The molecule has 2 aromatic carbocycles. The zero-order valence-corrected chi connectivity index (χ0v) is 11.1. The second-order valence-corrected chi connectivity index (χ2v) is 4.81. The third kappa shape index (κ3) is 2.11. The Hall–Kier alpha value is -2.43. The largest absolute Gasteiger partial charge is 0.378 e. The monoisotopic (exact) mass is 273 g/mol. The number of nitrogens with one attached hydrogen (secondary N) is 1. The van der Waals surface area contributed by atoms with Crippen LogP contribution in [0.5, 0.6) is 0 Å². The number of nitrogens with zero attached hydrogens (tertiary/aromatic N) is 2. The number of anilines is 1. The molecule has 3 nitrogen and oxygen atoms in total. The van der Waals surface area contributed by atoms with Crippen molar-refractivity contribution in [3.8, 4) is 11.4 Å². The number of imidazole rings is 1. The minimum atomic E-state index is -0.891. The van der Waals surface area contributed by atoms with E-state index in [1.54, 1.807) is 0 Å². The summed E-state index contributed by atoms with van der Waals surface area (Å²) in [5.74, 6) is -1.18. The number of hydrogen-bond donors (Lipinski definition) is 1. The van der Waals surface area contributed by atoms with Crippen LogP contribution in [0.1, 0.15) is 0 Å². The maximum Gasteiger partial charge on any atom is 0.161 e. The summed E-state index contributed by atoms with van der Waals surface area (Å²) in [7, 11) is 3.89. The van der Waals surface area contributed by atoms with Crippen LogP contribution in [-0.2, 0) is 0 Å². The Morgan fingerprint density at radius 1 is 1.05 bits per heavy atom. The summed E-state index contributed by atoms with van der Waals surface area (Å²) in [4.78, 5) is 9.29. The van der Waals surface area contributed by atoms with E-state index < -0.39 is 11.6 Å². The van der Waals surface area contributed by atoms with E-state index in [-0.39, 0.29) is 0 Å². The summed E-state index contributed by atoms with van der Waals surface area (Å²) >= 11 is 0. The van der Waals surface area contributed by atoms with Crippen LogP contribution < -0.4 is 4.90 Å². The molecule has 0 saturated carbocycles. The minimum Gasteiger partial charge on any atom is -0.378 e. The van der Waals surface area contributed by atoms with E-state index in [9.17, 15) is 8.78 Å². The Kier molecular flexibility index (Phi) is 2.89. The minimum absolute atomic E-state index is 0.411. The normalized spacial score (nSPS) is 11.0. The zero-order valence-electron chi connectivity index (χ0n) is 11.1. The molecular weight excluding hydrogens is 260 g/mol. The molecule has 1 heterocycles. The topological polar surface area (TPSA) is 31.9 Å². The highest BCUT2D eigenvalue weighted by atomic mass is 19.2. The Morgan fingerprint density at radius 2 is 1.80 bits per heavy atom. The number of aromatic amines is 1. The van der Waals surface area contributed by atoms with Crippen molar-refractivity contribution in [2.24, 2.45) is 0 Å². The average molecular weight is 273 g/mol. The lowest BCUT2D eigenvalue weighted by Gasteiger charge is -2.12. The number of fused-ring (bicyclic) bond motifs is 1. The van der Waals surface area contributed by atoms with Gasteiger partial charge < -0.3 is 9.88 Å². The predicted octanol–water partition coefficient (Wildman–Crippen LogP) is 3.57. The predicted molar refractivity (Wildman–Crippen MR) is 75.8 cm³/mol. The summed E-state index contributed by atoms with van der Waals surface area (Å²) in [6.45, 7) is 0. The van der Waals surface area contributed by atoms with Gasteiger partial charge in [-0.2, -0.15) is 0 Å². The summed E-state index contributed by atoms with van der Waals surface area (Å²) in [6, 6.07) is 9.98. The first-order valence-corrected chi connectivity index (χ1v) is 6.17. The molecule has 102 valence electrons. The first kappa shape index (κ1) is 12.6. The summed E-state index contributed by atoms with van der Waals surface area (Å²) in [6.07, 6.45) is 0. The fraction of sp³-hybridized carbons (Fsp3) is 0.133. The number of H-pyrrole nitrogens is 1. The maximum atomic E-state index is 13.2. The quantitative estimate of drug-likeness (QED) is 0.774. The first-order valence-electron chi connectivity index (χ1n) is 6.17. The van der Waals surface area contributed by atoms with Gasteiger partial charge >= 0.3 is 0 Å². The molecule has 0 fully saturated rings. The molecule has 0 aliphatic carbocycles. The molecule has 0 saturated heterocycles. The molecule has 3 rings (SSSR count). The van der Waals surface area contributed by atoms with Crippen LogP contribution in [0.25, 0.3) is 22.4 Å². The lowest BCUT2D eigenvalue weighted by molar-refractivity contribution is 0.510. The van der Waals surface area contributed by atoms with Crippen LogP contribution in [0.2, 0.25) is 0 Å². The number of halogens is 2. The van der Waals surface area contributed by atoms with Gasteiger partial charge in [0.2, 0.25) is 0 Å². The molecule has 0 bridgehead atoms. The summed E-state index contributed by atoms with van der Waals surface area (Å²) < 4.78 is 26.4. The van der Waals surface area contributed by atoms with Crippen LogP contribution in [0, 0.1) is 11.6 Å². The van der Waals surface area contributed by atoms with Crippen molar-refractivity contribution in [1.29, 1.82) is 0 Å². The second kappa shape index (κ2) is 4.59. The number of aromatic nitrogens is 2. The average Bonchev–Trinajstić information content (AvgIpc) is 2.82. The molecule has 1 aromatic heterocycles. The first-order chi connectivity index (χ1) is 9.54. The van der Waals surface area contributed by atoms with Crippen molar-refractivity contribution < 1.29 is 8.78 Å². The molecular formula is C15H13F2N3. The second-order valence-electron chi connectivity index (χ2n) is 4.81. The number of hydrogen-bond acceptors (Lipinski definition) is 2. The van der Waals surface area contributed by atoms with Gasteiger partial charge in [-0.25, -0.2) is 13.8 Å². The van der Waals surface area contributed by atoms with E-state index in [1.165, 1.54) is 0 Å². The molecule has 0 amide bonds. The maximum absolute atomic E-state index is 13.2. The number of benzene rings is 2. The lowest BCUT2D eigenvalue weighted by atomic mass is 10.2. The molecule has 20 heavy (non-hydrogen) atoms. The molecule has 0 aliphatic rings. The van der Waals surface area contributed by atoms with Crippen molar-refractivity contribution >= 4 is 16.7 Å². The molecule has 3 aromatic rings. The highest BCUT2D eigenvalue weighted by molar-refractivity contribution is 5.80. The molecule has 1 N–H and O–H groups in total. The number of rotatable bonds is 2. The zero-order chi connectivity index (χ0) is 14.3. The van der Waals surface area contributed by atoms with Gasteiger partial charge in [0, 0.05) is 37.5 Å². The van der Waals surface area contributed by atoms with Crippen molar-refractivity contribution in [1.82, 2.24) is 9.97 Å². The molecule has 0 spiro atoms. The Balaban J connectivity index is 2.12. The Bertz CT molecular complexity index is 739. The van der Waals surface area contributed by atoms with Crippen LogP contribution in [0.3, 0.4) is 0 Å². The van der Waals surface area contributed by atoms with Gasteiger partial charge in [0.05, 0.1) is 11.0 Å². The van der Waals surface area contributed by atoms with Crippen molar-refractivity contribution in [2.45, 2.75) is 0 Å². The van der Waals surface area contributed by atoms with Crippen molar-refractivity contribution in [2.75, 3.05) is 19.0 Å². The molecule has 0 aliphatic heterocycles. The third-order valence-corrected chi connectivity index (χ3v) is 3.16. The van der Waals surface area contributed by atoms with E-state index in [1.807, 2.05) is 43.3 Å². The Labute approximate surface area is 114 Å². The Morgan fingerprint density at radius 3 is 2.55 bits per heavy atom. The SMILES string of the molecule is CN(C)c1cccc(-c2nc3cc(F)c(F)cc3[nH]2)c1. The van der Waals surface area contributed by atoms with Crippen LogP contribution in [0.15, 0.2) is 36.4 Å². The van der Waals surface area contributed by atoms with Gasteiger partial charge in [0.25, 0.3) is 0 Å². The molecule has 0 unspecified atom stereocenters. The van der Waals surface area contributed by atoms with E-state index in [2.05, 4.69) is 9.97 Å². The van der Waals surface area contributed by atoms with Gasteiger partial charge in [0.1, 0.15) is 5.82 Å². The lowest BCUT2D eigenvalue weighted by Crippen LogP contribution is -2.08. The van der Waals surface area contributed by atoms with Crippen LogP contribution in [-0.4, -0.2) is 24.1 Å². The van der Waals surface area contributed by atoms with E-state index >= 15 is 0 Å². The molecule has 5 heteroatoms. The van der Waals surface area contributed by atoms with Crippen LogP contribution >= 0.6 is 0 Å². The smallest absolute Gasteiger partial charge is 0.161 e. The third-order valence-electron chi connectivity index (χ3n) is 3.16. The van der Waals surface area contributed by atoms with Gasteiger partial charge in [-0.15, -0.1) is 0 Å². The fourth-order valence-corrected chi connectivity index (χ4v) is 2.07. The van der Waals surface area contributed by atoms with Crippen LogP contribution in [0.4, 0.5) is 14.5 Å². The van der Waals surface area contributed by atoms with Gasteiger partial charge in [-0.3, -0.25) is 0 Å². The summed E-state index contributed by atoms with van der Waals surface area (Å²) in [5, 5.41) is 0.